The van der Waals surface area contributed by atoms with Gasteiger partial charge in [0.25, 0.3) is 0 Å². The van der Waals surface area contributed by atoms with E-state index in [-0.39, 0.29) is 12.0 Å². The smallest absolute Gasteiger partial charge is 0.230 e. The van der Waals surface area contributed by atoms with Crippen LogP contribution in [0.25, 0.3) is 0 Å². The number of nitrogens with zero attached hydrogens (tertiary/aromatic N) is 2. The number of aromatic nitrogens is 1. The Balaban J connectivity index is 1.37. The van der Waals surface area contributed by atoms with Crippen molar-refractivity contribution >= 4 is 11.6 Å². The lowest BCUT2D eigenvalue weighted by molar-refractivity contribution is -0.123. The molecule has 1 fully saturated rings. The number of benzene rings is 1. The van der Waals surface area contributed by atoms with E-state index in [0.717, 1.165) is 44.5 Å². The van der Waals surface area contributed by atoms with Crippen molar-refractivity contribution in [1.29, 1.82) is 0 Å². The fraction of sp³-hybridized carbons (Fsp3) is 0.500. The zero-order valence-electron chi connectivity index (χ0n) is 17.1. The summed E-state index contributed by atoms with van der Waals surface area (Å²) in [6.45, 7) is 2.09. The number of nitrogens with one attached hydrogen (secondary N) is 1. The van der Waals surface area contributed by atoms with Crippen LogP contribution in [0.5, 0.6) is 5.88 Å². The Kier molecular flexibility index (Phi) is 6.78. The summed E-state index contributed by atoms with van der Waals surface area (Å²) in [6, 6.07) is 14.3. The first-order chi connectivity index (χ1) is 14.3. The van der Waals surface area contributed by atoms with E-state index in [1.165, 1.54) is 24.8 Å². The van der Waals surface area contributed by atoms with Crippen molar-refractivity contribution in [2.45, 2.75) is 51.0 Å². The van der Waals surface area contributed by atoms with E-state index in [1.807, 2.05) is 18.2 Å². The van der Waals surface area contributed by atoms with Crippen molar-refractivity contribution in [3.05, 3.63) is 54.2 Å². The van der Waals surface area contributed by atoms with Crippen molar-refractivity contribution < 1.29 is 9.53 Å². The predicted octanol–water partition coefficient (Wildman–Crippen LogP) is 3.98. The fourth-order valence-electron chi connectivity index (χ4n) is 4.57. The van der Waals surface area contributed by atoms with Gasteiger partial charge in [-0.15, -0.1) is 0 Å². The number of fused-ring (bicyclic) bond motifs is 1. The Bertz CT molecular complexity index is 790. The Morgan fingerprint density at radius 3 is 2.72 bits per heavy atom. The molecular formula is C24H31N3O2. The number of hydrogen-bond donors (Lipinski definition) is 1. The van der Waals surface area contributed by atoms with Gasteiger partial charge in [0.15, 0.2) is 0 Å². The van der Waals surface area contributed by atoms with Crippen molar-refractivity contribution in [2.75, 3.05) is 24.6 Å². The lowest BCUT2D eigenvalue weighted by Crippen LogP contribution is -2.51. The van der Waals surface area contributed by atoms with Crippen LogP contribution in [-0.2, 0) is 11.2 Å². The SMILES string of the molecule is O=C(C1CCCCC1)N1c2ccccc2CCC1CNCCOc1ccccn1. The molecule has 0 radical (unpaired) electrons. The van der Waals surface area contributed by atoms with E-state index in [0.29, 0.717) is 18.4 Å². The number of amides is 1. The minimum absolute atomic E-state index is 0.185. The van der Waals surface area contributed by atoms with E-state index >= 15 is 0 Å². The van der Waals surface area contributed by atoms with Gasteiger partial charge in [-0.1, -0.05) is 43.5 Å². The van der Waals surface area contributed by atoms with Crippen LogP contribution in [0.4, 0.5) is 5.69 Å². The van der Waals surface area contributed by atoms with E-state index in [4.69, 9.17) is 4.74 Å². The average Bonchev–Trinajstić information content (AvgIpc) is 2.79. The van der Waals surface area contributed by atoms with Gasteiger partial charge in [0, 0.05) is 43.0 Å². The number of aryl methyl sites for hydroxylation is 1. The number of rotatable bonds is 7. The zero-order valence-corrected chi connectivity index (χ0v) is 17.1. The maximum absolute atomic E-state index is 13.5. The molecule has 1 aromatic heterocycles. The summed E-state index contributed by atoms with van der Waals surface area (Å²) in [5.41, 5.74) is 2.41. The molecule has 2 aliphatic rings. The maximum atomic E-state index is 13.5. The standard InChI is InChI=1S/C24H31N3O2/c28-24(20-9-2-1-3-10-20)27-21(14-13-19-8-4-5-11-22(19)27)18-25-16-17-29-23-12-6-7-15-26-23/h4-8,11-12,15,20-21,25H,1-3,9-10,13-14,16-18H2. The molecule has 0 saturated heterocycles. The number of ether oxygens (including phenoxy) is 1. The summed E-state index contributed by atoms with van der Waals surface area (Å²) in [5, 5.41) is 3.50. The molecule has 29 heavy (non-hydrogen) atoms. The molecular weight excluding hydrogens is 362 g/mol. The molecule has 154 valence electrons. The van der Waals surface area contributed by atoms with E-state index in [2.05, 4.69) is 39.5 Å². The summed E-state index contributed by atoms with van der Waals surface area (Å²) >= 11 is 0. The van der Waals surface area contributed by atoms with Gasteiger partial charge in [0.1, 0.15) is 6.61 Å². The van der Waals surface area contributed by atoms with E-state index < -0.39 is 0 Å². The molecule has 1 atom stereocenters. The van der Waals surface area contributed by atoms with Gasteiger partial charge in [-0.05, 0) is 43.4 Å². The number of anilines is 1. The van der Waals surface area contributed by atoms with Gasteiger partial charge in [-0.3, -0.25) is 4.79 Å². The van der Waals surface area contributed by atoms with Gasteiger partial charge < -0.3 is 15.0 Å². The van der Waals surface area contributed by atoms with Crippen LogP contribution in [-0.4, -0.2) is 36.6 Å². The molecule has 1 unspecified atom stereocenters. The second-order valence-corrected chi connectivity index (χ2v) is 8.08. The number of carbonyl (C=O) groups excluding carboxylic acids is 1. The Labute approximate surface area is 173 Å². The van der Waals surface area contributed by atoms with Crippen LogP contribution < -0.4 is 15.0 Å². The normalized spacial score (nSPS) is 19.6. The van der Waals surface area contributed by atoms with Crippen LogP contribution in [0.3, 0.4) is 0 Å². The Morgan fingerprint density at radius 2 is 1.90 bits per heavy atom. The highest BCUT2D eigenvalue weighted by Crippen LogP contribution is 2.34. The Hall–Kier alpha value is -2.40. The minimum Gasteiger partial charge on any atom is -0.476 e. The van der Waals surface area contributed by atoms with Gasteiger partial charge >= 0.3 is 0 Å². The molecule has 1 amide bonds. The summed E-state index contributed by atoms with van der Waals surface area (Å²) in [4.78, 5) is 19.8. The van der Waals surface area contributed by atoms with Crippen molar-refractivity contribution in [3.8, 4) is 5.88 Å². The molecule has 5 nitrogen and oxygen atoms in total. The first-order valence-corrected chi connectivity index (χ1v) is 11.0. The van der Waals surface area contributed by atoms with Gasteiger partial charge in [0.2, 0.25) is 11.8 Å². The highest BCUT2D eigenvalue weighted by molar-refractivity contribution is 5.97. The first-order valence-electron chi connectivity index (χ1n) is 11.0. The van der Waals surface area contributed by atoms with Gasteiger partial charge in [-0.25, -0.2) is 4.98 Å². The molecule has 1 aliphatic heterocycles. The summed E-state index contributed by atoms with van der Waals surface area (Å²) < 4.78 is 5.67. The molecule has 2 aromatic rings. The minimum atomic E-state index is 0.185. The largest absolute Gasteiger partial charge is 0.476 e. The van der Waals surface area contributed by atoms with E-state index in [1.54, 1.807) is 6.20 Å². The highest BCUT2D eigenvalue weighted by Gasteiger charge is 2.34. The van der Waals surface area contributed by atoms with Crippen molar-refractivity contribution in [1.82, 2.24) is 10.3 Å². The molecule has 1 aliphatic carbocycles. The predicted molar refractivity (Wildman–Crippen MR) is 115 cm³/mol. The number of carbonyl (C=O) groups is 1. The second-order valence-electron chi connectivity index (χ2n) is 8.08. The second kappa shape index (κ2) is 9.88. The van der Waals surface area contributed by atoms with Crippen LogP contribution in [0.2, 0.25) is 0 Å². The summed E-state index contributed by atoms with van der Waals surface area (Å²) in [6.07, 6.45) is 9.47. The number of hydrogen-bond acceptors (Lipinski definition) is 4. The summed E-state index contributed by atoms with van der Waals surface area (Å²) in [5.74, 6) is 1.16. The van der Waals surface area contributed by atoms with Crippen LogP contribution in [0.1, 0.15) is 44.1 Å². The average molecular weight is 394 g/mol. The monoisotopic (exact) mass is 393 g/mol. The first kappa shape index (κ1) is 19.9. The van der Waals surface area contributed by atoms with Crippen LogP contribution in [0, 0.1) is 5.92 Å². The van der Waals surface area contributed by atoms with Gasteiger partial charge in [-0.2, -0.15) is 0 Å². The molecule has 0 bridgehead atoms. The van der Waals surface area contributed by atoms with Crippen molar-refractivity contribution in [2.24, 2.45) is 5.92 Å². The fourth-order valence-corrected chi connectivity index (χ4v) is 4.57. The molecule has 5 heteroatoms. The molecule has 1 N–H and O–H groups in total. The lowest BCUT2D eigenvalue weighted by Gasteiger charge is -2.40. The van der Waals surface area contributed by atoms with Crippen molar-refractivity contribution in [3.63, 3.8) is 0 Å². The van der Waals surface area contributed by atoms with Crippen LogP contribution >= 0.6 is 0 Å². The molecule has 2 heterocycles. The number of para-hydroxylation sites is 1. The Morgan fingerprint density at radius 1 is 1.07 bits per heavy atom. The third-order valence-electron chi connectivity index (χ3n) is 6.10. The topological polar surface area (TPSA) is 54.5 Å². The third-order valence-corrected chi connectivity index (χ3v) is 6.10. The van der Waals surface area contributed by atoms with E-state index in [9.17, 15) is 4.79 Å². The molecule has 4 rings (SSSR count). The maximum Gasteiger partial charge on any atom is 0.230 e. The molecule has 1 saturated carbocycles. The summed E-state index contributed by atoms with van der Waals surface area (Å²) in [7, 11) is 0. The molecule has 1 aromatic carbocycles. The zero-order chi connectivity index (χ0) is 19.9. The van der Waals surface area contributed by atoms with Gasteiger partial charge in [0.05, 0.1) is 0 Å². The molecule has 0 spiro atoms. The van der Waals surface area contributed by atoms with Crippen LogP contribution in [0.15, 0.2) is 48.7 Å². The number of pyridine rings is 1. The quantitative estimate of drug-likeness (QED) is 0.723. The highest BCUT2D eigenvalue weighted by atomic mass is 16.5. The third kappa shape index (κ3) is 4.96. The lowest BCUT2D eigenvalue weighted by atomic mass is 9.86.